The summed E-state index contributed by atoms with van der Waals surface area (Å²) in [4.78, 5) is 4.87. The average Bonchev–Trinajstić information content (AvgIpc) is 2.78. The van der Waals surface area contributed by atoms with Crippen molar-refractivity contribution in [2.24, 2.45) is 5.73 Å². The average molecular weight is 340 g/mol. The van der Waals surface area contributed by atoms with E-state index in [0.29, 0.717) is 12.6 Å². The van der Waals surface area contributed by atoms with E-state index in [1.54, 1.807) is 0 Å². The van der Waals surface area contributed by atoms with Gasteiger partial charge in [0.25, 0.3) is 0 Å². The standard InChI is InChI=1S/C16H26BrN3/c1-12-6-7-14(15(17)9-12)16(10-18)20(3)11-13-5-4-8-19(13)2/h6-7,9,13,16H,4-5,8,10-11,18H2,1-3H3. The number of aryl methyl sites for hydroxylation is 1. The smallest absolute Gasteiger partial charge is 0.0479 e. The second-order valence-electron chi connectivity index (χ2n) is 5.99. The molecular formula is C16H26BrN3. The summed E-state index contributed by atoms with van der Waals surface area (Å²) in [6.07, 6.45) is 2.61. The van der Waals surface area contributed by atoms with Crippen LogP contribution in [0.3, 0.4) is 0 Å². The molecule has 4 heteroatoms. The van der Waals surface area contributed by atoms with Crippen molar-refractivity contribution < 1.29 is 0 Å². The van der Waals surface area contributed by atoms with Crippen molar-refractivity contribution in [2.45, 2.75) is 31.8 Å². The third-order valence-electron chi connectivity index (χ3n) is 4.44. The van der Waals surface area contributed by atoms with Crippen molar-refractivity contribution in [3.63, 3.8) is 0 Å². The number of nitrogens with two attached hydrogens (primary N) is 1. The number of rotatable bonds is 5. The van der Waals surface area contributed by atoms with Gasteiger partial charge in [0.15, 0.2) is 0 Å². The zero-order chi connectivity index (χ0) is 14.7. The molecule has 20 heavy (non-hydrogen) atoms. The van der Waals surface area contributed by atoms with E-state index >= 15 is 0 Å². The van der Waals surface area contributed by atoms with Crippen LogP contribution in [0.1, 0.15) is 30.0 Å². The number of likely N-dealkylation sites (tertiary alicyclic amines) is 1. The second-order valence-corrected chi connectivity index (χ2v) is 6.85. The number of benzene rings is 1. The maximum atomic E-state index is 6.05. The molecule has 0 amide bonds. The maximum Gasteiger partial charge on any atom is 0.0479 e. The Morgan fingerprint density at radius 1 is 1.50 bits per heavy atom. The Hall–Kier alpha value is -0.420. The zero-order valence-corrected chi connectivity index (χ0v) is 14.4. The van der Waals surface area contributed by atoms with Crippen LogP contribution in [0.15, 0.2) is 22.7 Å². The van der Waals surface area contributed by atoms with Crippen molar-refractivity contribution in [3.8, 4) is 0 Å². The summed E-state index contributed by atoms with van der Waals surface area (Å²) in [6.45, 7) is 5.07. The molecule has 3 nitrogen and oxygen atoms in total. The van der Waals surface area contributed by atoms with Crippen molar-refractivity contribution >= 4 is 15.9 Å². The molecule has 0 spiro atoms. The number of hydrogen-bond donors (Lipinski definition) is 1. The maximum absolute atomic E-state index is 6.05. The summed E-state index contributed by atoms with van der Waals surface area (Å²) in [5.74, 6) is 0. The van der Waals surface area contributed by atoms with Crippen molar-refractivity contribution in [1.82, 2.24) is 9.80 Å². The Labute approximate surface area is 131 Å². The van der Waals surface area contributed by atoms with Crippen LogP contribution in [0.4, 0.5) is 0 Å². The van der Waals surface area contributed by atoms with Gasteiger partial charge in [-0.05, 0) is 57.6 Å². The summed E-state index contributed by atoms with van der Waals surface area (Å²) < 4.78 is 1.17. The van der Waals surface area contributed by atoms with Crippen LogP contribution in [0.2, 0.25) is 0 Å². The molecule has 2 atom stereocenters. The van der Waals surface area contributed by atoms with Crippen molar-refractivity contribution in [3.05, 3.63) is 33.8 Å². The van der Waals surface area contributed by atoms with Crippen LogP contribution in [0.5, 0.6) is 0 Å². The molecule has 0 aromatic heterocycles. The first-order valence-electron chi connectivity index (χ1n) is 7.39. The highest BCUT2D eigenvalue weighted by molar-refractivity contribution is 9.10. The van der Waals surface area contributed by atoms with Gasteiger partial charge in [0.05, 0.1) is 0 Å². The fourth-order valence-corrected chi connectivity index (χ4v) is 3.87. The van der Waals surface area contributed by atoms with Crippen LogP contribution in [-0.4, -0.2) is 49.6 Å². The lowest BCUT2D eigenvalue weighted by molar-refractivity contribution is 0.179. The molecule has 0 aliphatic carbocycles. The van der Waals surface area contributed by atoms with E-state index < -0.39 is 0 Å². The van der Waals surface area contributed by atoms with Gasteiger partial charge in [0.1, 0.15) is 0 Å². The van der Waals surface area contributed by atoms with Gasteiger partial charge in [-0.2, -0.15) is 0 Å². The Balaban J connectivity index is 2.10. The predicted molar refractivity (Wildman–Crippen MR) is 89.0 cm³/mol. The lowest BCUT2D eigenvalue weighted by atomic mass is 10.0. The van der Waals surface area contributed by atoms with Crippen molar-refractivity contribution in [1.29, 1.82) is 0 Å². The molecule has 1 aliphatic rings. The first-order chi connectivity index (χ1) is 9.52. The minimum atomic E-state index is 0.277. The highest BCUT2D eigenvalue weighted by Crippen LogP contribution is 2.28. The lowest BCUT2D eigenvalue weighted by Crippen LogP contribution is -2.40. The van der Waals surface area contributed by atoms with E-state index in [-0.39, 0.29) is 6.04 Å². The third-order valence-corrected chi connectivity index (χ3v) is 5.13. The van der Waals surface area contributed by atoms with Gasteiger partial charge in [-0.1, -0.05) is 28.1 Å². The minimum Gasteiger partial charge on any atom is -0.329 e. The highest BCUT2D eigenvalue weighted by atomic mass is 79.9. The molecule has 1 fully saturated rings. The van der Waals surface area contributed by atoms with Gasteiger partial charge in [-0.25, -0.2) is 0 Å². The molecule has 2 N–H and O–H groups in total. The summed E-state index contributed by atoms with van der Waals surface area (Å²) in [7, 11) is 4.42. The first-order valence-corrected chi connectivity index (χ1v) is 8.18. The Bertz CT molecular complexity index is 449. The summed E-state index contributed by atoms with van der Waals surface area (Å²) in [5.41, 5.74) is 8.61. The molecule has 1 heterocycles. The monoisotopic (exact) mass is 339 g/mol. The van der Waals surface area contributed by atoms with Crippen LogP contribution < -0.4 is 5.73 Å². The summed E-state index contributed by atoms with van der Waals surface area (Å²) in [5, 5.41) is 0. The predicted octanol–water partition coefficient (Wildman–Crippen LogP) is 2.78. The number of nitrogens with zero attached hydrogens (tertiary/aromatic N) is 2. The third kappa shape index (κ3) is 3.61. The van der Waals surface area contributed by atoms with E-state index in [4.69, 9.17) is 5.73 Å². The SMILES string of the molecule is Cc1ccc(C(CN)N(C)CC2CCCN2C)c(Br)c1. The molecule has 1 saturated heterocycles. The molecule has 0 bridgehead atoms. The summed E-state index contributed by atoms with van der Waals surface area (Å²) in [6, 6.07) is 7.48. The quantitative estimate of drug-likeness (QED) is 0.895. The van der Waals surface area contributed by atoms with Gasteiger partial charge < -0.3 is 10.6 Å². The van der Waals surface area contributed by atoms with E-state index in [0.717, 1.165) is 6.54 Å². The molecule has 112 valence electrons. The molecular weight excluding hydrogens is 314 g/mol. The van der Waals surface area contributed by atoms with Crippen LogP contribution in [0, 0.1) is 6.92 Å². The Morgan fingerprint density at radius 3 is 2.80 bits per heavy atom. The molecule has 1 aliphatic heterocycles. The first kappa shape index (κ1) is 16.0. The van der Waals surface area contributed by atoms with Crippen LogP contribution in [-0.2, 0) is 0 Å². The Kier molecular flexibility index (Phi) is 5.61. The van der Waals surface area contributed by atoms with E-state index in [1.165, 1.54) is 35.0 Å². The second kappa shape index (κ2) is 7.03. The number of halogens is 1. The molecule has 1 aromatic rings. The largest absolute Gasteiger partial charge is 0.329 e. The van der Waals surface area contributed by atoms with Crippen LogP contribution in [0.25, 0.3) is 0 Å². The molecule has 2 rings (SSSR count). The molecule has 0 radical (unpaired) electrons. The minimum absolute atomic E-state index is 0.277. The van der Waals surface area contributed by atoms with Gasteiger partial charge in [0.2, 0.25) is 0 Å². The van der Waals surface area contributed by atoms with Gasteiger partial charge in [-0.3, -0.25) is 4.90 Å². The van der Waals surface area contributed by atoms with Crippen LogP contribution >= 0.6 is 15.9 Å². The highest BCUT2D eigenvalue weighted by Gasteiger charge is 2.26. The van der Waals surface area contributed by atoms with Gasteiger partial charge >= 0.3 is 0 Å². The zero-order valence-electron chi connectivity index (χ0n) is 12.8. The van der Waals surface area contributed by atoms with Gasteiger partial charge in [-0.15, -0.1) is 0 Å². The fourth-order valence-electron chi connectivity index (χ4n) is 3.12. The lowest BCUT2D eigenvalue weighted by Gasteiger charge is -2.32. The molecule has 1 aromatic carbocycles. The molecule has 2 unspecified atom stereocenters. The van der Waals surface area contributed by atoms with E-state index in [2.05, 4.69) is 64.9 Å². The van der Waals surface area contributed by atoms with E-state index in [1.807, 2.05) is 0 Å². The number of hydrogen-bond acceptors (Lipinski definition) is 3. The summed E-state index contributed by atoms with van der Waals surface area (Å²) >= 11 is 3.69. The van der Waals surface area contributed by atoms with Gasteiger partial charge in [0, 0.05) is 29.6 Å². The Morgan fingerprint density at radius 2 is 2.25 bits per heavy atom. The van der Waals surface area contributed by atoms with E-state index in [9.17, 15) is 0 Å². The molecule has 0 saturated carbocycles. The number of likely N-dealkylation sites (N-methyl/N-ethyl adjacent to an activating group) is 2. The topological polar surface area (TPSA) is 32.5 Å². The normalized spacial score (nSPS) is 21.6. The van der Waals surface area contributed by atoms with Crippen molar-refractivity contribution in [2.75, 3.05) is 33.7 Å². The fraction of sp³-hybridized carbons (Fsp3) is 0.625.